The van der Waals surface area contributed by atoms with Crippen molar-refractivity contribution < 1.29 is 14.3 Å². The van der Waals surface area contributed by atoms with Crippen LogP contribution in [0.3, 0.4) is 0 Å². The predicted molar refractivity (Wildman–Crippen MR) is 101 cm³/mol. The zero-order chi connectivity index (χ0) is 18.8. The number of nitrogens with one attached hydrogen (secondary N) is 2. The highest BCUT2D eigenvalue weighted by Gasteiger charge is 2.23. The summed E-state index contributed by atoms with van der Waals surface area (Å²) >= 11 is 0. The molecule has 0 saturated carbocycles. The molecule has 7 nitrogen and oxygen atoms in total. The normalized spacial score (nSPS) is 15.4. The summed E-state index contributed by atoms with van der Waals surface area (Å²) in [5.74, 6) is 0.152. The summed E-state index contributed by atoms with van der Waals surface area (Å²) in [5.41, 5.74) is 2.73. The number of hydrogen-bond acceptors (Lipinski definition) is 4. The third-order valence-corrected chi connectivity index (χ3v) is 4.29. The van der Waals surface area contributed by atoms with Gasteiger partial charge in [0.1, 0.15) is 5.75 Å². The Morgan fingerprint density at radius 3 is 2.81 bits per heavy atom. The molecule has 0 aliphatic carbocycles. The summed E-state index contributed by atoms with van der Waals surface area (Å²) in [6.07, 6.45) is 3.09. The molecule has 2 amide bonds. The van der Waals surface area contributed by atoms with Crippen LogP contribution in [-0.4, -0.2) is 27.7 Å². The number of hydrogen-bond donors (Lipinski definition) is 2. The van der Waals surface area contributed by atoms with E-state index in [-0.39, 0.29) is 11.8 Å². The second-order valence-corrected chi connectivity index (χ2v) is 6.31. The highest BCUT2D eigenvalue weighted by Crippen LogP contribution is 2.32. The van der Waals surface area contributed by atoms with E-state index in [1.165, 1.54) is 0 Å². The lowest BCUT2D eigenvalue weighted by Gasteiger charge is -2.23. The largest absolute Gasteiger partial charge is 0.479 e. The number of carbonyl (C=O) groups excluding carboxylic acids is 2. The average Bonchev–Trinajstić information content (AvgIpc) is 3.16. The molecule has 7 heteroatoms. The van der Waals surface area contributed by atoms with E-state index < -0.39 is 6.10 Å². The maximum Gasteiger partial charge on any atom is 0.265 e. The lowest BCUT2D eigenvalue weighted by molar-refractivity contribution is -0.122. The van der Waals surface area contributed by atoms with Crippen molar-refractivity contribution in [3.8, 4) is 5.75 Å². The van der Waals surface area contributed by atoms with Crippen LogP contribution >= 0.6 is 0 Å². The molecule has 2 N–H and O–H groups in total. The minimum Gasteiger partial charge on any atom is -0.479 e. The number of rotatable bonds is 4. The Morgan fingerprint density at radius 1 is 1.26 bits per heavy atom. The molecule has 1 unspecified atom stereocenters. The van der Waals surface area contributed by atoms with Crippen LogP contribution in [0.1, 0.15) is 22.8 Å². The predicted octanol–water partition coefficient (Wildman–Crippen LogP) is 2.90. The first kappa shape index (κ1) is 16.8. The van der Waals surface area contributed by atoms with E-state index in [0.29, 0.717) is 29.2 Å². The second-order valence-electron chi connectivity index (χ2n) is 6.31. The zero-order valence-electron chi connectivity index (χ0n) is 14.7. The standard InChI is InChI=1S/C20H18N4O3/c1-13-19(25)23-17-11-16(7-8-18(17)27-13)22-20(26)15-5-3-14(4-6-15)12-24-10-2-9-21-24/h2-11,13H,12H2,1H3,(H,22,26)(H,23,25). The molecule has 27 heavy (non-hydrogen) atoms. The zero-order valence-corrected chi connectivity index (χ0v) is 14.7. The van der Waals surface area contributed by atoms with Gasteiger partial charge in [-0.2, -0.15) is 5.10 Å². The molecule has 0 radical (unpaired) electrons. The molecule has 0 saturated heterocycles. The van der Waals surface area contributed by atoms with Gasteiger partial charge < -0.3 is 15.4 Å². The molecule has 1 aliphatic heterocycles. The van der Waals surface area contributed by atoms with Gasteiger partial charge in [0.2, 0.25) is 0 Å². The number of amides is 2. The molecule has 1 atom stereocenters. The van der Waals surface area contributed by atoms with Crippen molar-refractivity contribution in [3.05, 3.63) is 72.1 Å². The van der Waals surface area contributed by atoms with E-state index in [0.717, 1.165) is 5.56 Å². The van der Waals surface area contributed by atoms with Crippen molar-refractivity contribution >= 4 is 23.2 Å². The van der Waals surface area contributed by atoms with Gasteiger partial charge in [0.05, 0.1) is 12.2 Å². The lowest BCUT2D eigenvalue weighted by atomic mass is 10.1. The fourth-order valence-electron chi connectivity index (χ4n) is 2.83. The van der Waals surface area contributed by atoms with Gasteiger partial charge in [0, 0.05) is 23.6 Å². The number of carbonyl (C=O) groups is 2. The van der Waals surface area contributed by atoms with E-state index >= 15 is 0 Å². The third kappa shape index (κ3) is 3.67. The summed E-state index contributed by atoms with van der Waals surface area (Å²) in [6.45, 7) is 2.34. The van der Waals surface area contributed by atoms with Gasteiger partial charge >= 0.3 is 0 Å². The summed E-state index contributed by atoms with van der Waals surface area (Å²) < 4.78 is 7.33. The number of fused-ring (bicyclic) bond motifs is 1. The fourth-order valence-corrected chi connectivity index (χ4v) is 2.83. The first-order chi connectivity index (χ1) is 13.1. The van der Waals surface area contributed by atoms with Crippen molar-refractivity contribution in [2.24, 2.45) is 0 Å². The first-order valence-corrected chi connectivity index (χ1v) is 8.58. The number of benzene rings is 2. The maximum absolute atomic E-state index is 12.5. The molecular weight excluding hydrogens is 344 g/mol. The molecule has 2 heterocycles. The molecule has 4 rings (SSSR count). The summed E-state index contributed by atoms with van der Waals surface area (Å²) in [6, 6.07) is 14.4. The molecule has 136 valence electrons. The van der Waals surface area contributed by atoms with Crippen LogP contribution in [0, 0.1) is 0 Å². The topological polar surface area (TPSA) is 85.2 Å². The summed E-state index contributed by atoms with van der Waals surface area (Å²) in [7, 11) is 0. The van der Waals surface area contributed by atoms with Gasteiger partial charge in [0.15, 0.2) is 6.10 Å². The molecule has 0 fully saturated rings. The van der Waals surface area contributed by atoms with E-state index in [1.54, 1.807) is 43.5 Å². The van der Waals surface area contributed by atoms with Crippen LogP contribution in [0.5, 0.6) is 5.75 Å². The van der Waals surface area contributed by atoms with Gasteiger partial charge in [-0.1, -0.05) is 12.1 Å². The van der Waals surface area contributed by atoms with Crippen LogP contribution in [0.15, 0.2) is 60.9 Å². The Hall–Kier alpha value is -3.61. The molecule has 2 aromatic carbocycles. The van der Waals surface area contributed by atoms with Crippen molar-refractivity contribution in [2.75, 3.05) is 10.6 Å². The Labute approximate surface area is 156 Å². The van der Waals surface area contributed by atoms with Crippen LogP contribution in [-0.2, 0) is 11.3 Å². The van der Waals surface area contributed by atoms with Gasteiger partial charge in [-0.05, 0) is 48.9 Å². The van der Waals surface area contributed by atoms with E-state index in [9.17, 15) is 9.59 Å². The highest BCUT2D eigenvalue weighted by molar-refractivity contribution is 6.05. The van der Waals surface area contributed by atoms with Gasteiger partial charge in [-0.25, -0.2) is 0 Å². The van der Waals surface area contributed by atoms with E-state index in [4.69, 9.17) is 4.74 Å². The van der Waals surface area contributed by atoms with Crippen LogP contribution < -0.4 is 15.4 Å². The maximum atomic E-state index is 12.5. The number of ether oxygens (including phenoxy) is 1. The van der Waals surface area contributed by atoms with Crippen LogP contribution in [0.4, 0.5) is 11.4 Å². The minimum absolute atomic E-state index is 0.209. The highest BCUT2D eigenvalue weighted by atomic mass is 16.5. The average molecular weight is 362 g/mol. The Bertz CT molecular complexity index is 981. The van der Waals surface area contributed by atoms with Gasteiger partial charge in [-0.3, -0.25) is 14.3 Å². The fraction of sp³-hybridized carbons (Fsp3) is 0.150. The Kier molecular flexibility index (Phi) is 4.33. The van der Waals surface area contributed by atoms with Gasteiger partial charge in [0.25, 0.3) is 11.8 Å². The quantitative estimate of drug-likeness (QED) is 0.747. The lowest BCUT2D eigenvalue weighted by Crippen LogP contribution is -2.34. The third-order valence-electron chi connectivity index (χ3n) is 4.29. The molecule has 1 aliphatic rings. The van der Waals surface area contributed by atoms with Crippen LogP contribution in [0.2, 0.25) is 0 Å². The number of aromatic nitrogens is 2. The number of anilines is 2. The molecule has 0 spiro atoms. The first-order valence-electron chi connectivity index (χ1n) is 8.58. The molecule has 3 aromatic rings. The second kappa shape index (κ2) is 6.95. The molecular formula is C20H18N4O3. The number of nitrogens with zero attached hydrogens (tertiary/aromatic N) is 2. The van der Waals surface area contributed by atoms with E-state index in [1.807, 2.05) is 29.1 Å². The molecule has 1 aromatic heterocycles. The van der Waals surface area contributed by atoms with E-state index in [2.05, 4.69) is 15.7 Å². The SMILES string of the molecule is CC1Oc2ccc(NC(=O)c3ccc(Cn4cccn4)cc3)cc2NC1=O. The van der Waals surface area contributed by atoms with Crippen molar-refractivity contribution in [1.29, 1.82) is 0 Å². The molecule has 0 bridgehead atoms. The van der Waals surface area contributed by atoms with Crippen molar-refractivity contribution in [3.63, 3.8) is 0 Å². The summed E-state index contributed by atoms with van der Waals surface area (Å²) in [5, 5.41) is 9.77. The smallest absolute Gasteiger partial charge is 0.265 e. The van der Waals surface area contributed by atoms with Crippen molar-refractivity contribution in [2.45, 2.75) is 19.6 Å². The Morgan fingerprint density at radius 2 is 2.07 bits per heavy atom. The van der Waals surface area contributed by atoms with Crippen LogP contribution in [0.25, 0.3) is 0 Å². The Balaban J connectivity index is 1.44. The monoisotopic (exact) mass is 362 g/mol. The summed E-state index contributed by atoms with van der Waals surface area (Å²) in [4.78, 5) is 24.2. The van der Waals surface area contributed by atoms with Crippen molar-refractivity contribution in [1.82, 2.24) is 9.78 Å². The minimum atomic E-state index is -0.529. The van der Waals surface area contributed by atoms with Gasteiger partial charge in [-0.15, -0.1) is 0 Å².